The van der Waals surface area contributed by atoms with Gasteiger partial charge in [-0.25, -0.2) is 9.97 Å². The van der Waals surface area contributed by atoms with E-state index in [1.807, 2.05) is 0 Å². The van der Waals surface area contributed by atoms with E-state index >= 15 is 0 Å². The molecule has 0 saturated carbocycles. The molecule has 0 atom stereocenters. The van der Waals surface area contributed by atoms with Gasteiger partial charge in [0.25, 0.3) is 0 Å². The molecule has 3 aliphatic rings. The molecule has 0 bridgehead atoms. The van der Waals surface area contributed by atoms with Crippen LogP contribution in [0.15, 0.2) is 121 Å². The van der Waals surface area contributed by atoms with Gasteiger partial charge in [-0.3, -0.25) is 4.57 Å². The lowest BCUT2D eigenvalue weighted by molar-refractivity contribution is 0.842. The molecule has 3 heterocycles. The third-order valence-corrected chi connectivity index (χ3v) is 11.0. The number of hydrogen-bond acceptors (Lipinski definition) is 2. The normalized spacial score (nSPS) is 15.0. The third kappa shape index (κ3) is 3.71. The van der Waals surface area contributed by atoms with Gasteiger partial charge in [0.2, 0.25) is 5.95 Å². The van der Waals surface area contributed by atoms with Crippen molar-refractivity contribution in [1.82, 2.24) is 19.1 Å². The van der Waals surface area contributed by atoms with E-state index in [2.05, 4.69) is 130 Å². The molecule has 0 fully saturated rings. The number of fused-ring (bicyclic) bond motifs is 9. The van der Waals surface area contributed by atoms with Crippen molar-refractivity contribution in [2.24, 2.45) is 0 Å². The minimum Gasteiger partial charge on any atom is -0.312 e. The first-order valence-corrected chi connectivity index (χ1v) is 17.2. The molecule has 0 aliphatic heterocycles. The number of benzene rings is 5. The van der Waals surface area contributed by atoms with Crippen LogP contribution in [-0.4, -0.2) is 19.1 Å². The Hall–Kier alpha value is -5.74. The van der Waals surface area contributed by atoms with Gasteiger partial charge in [0.15, 0.2) is 0 Å². The fourth-order valence-corrected chi connectivity index (χ4v) is 8.33. The Kier molecular flexibility index (Phi) is 5.42. The minimum atomic E-state index is 0.707. The summed E-state index contributed by atoms with van der Waals surface area (Å²) < 4.78 is 4.93. The van der Waals surface area contributed by atoms with Crippen molar-refractivity contribution in [3.8, 4) is 28.5 Å². The zero-order valence-corrected chi connectivity index (χ0v) is 26.6. The van der Waals surface area contributed by atoms with E-state index in [4.69, 9.17) is 9.97 Å². The molecule has 4 heteroatoms. The first-order valence-electron chi connectivity index (χ1n) is 17.2. The molecule has 8 aromatic rings. The Morgan fingerprint density at radius 3 is 1.71 bits per heavy atom. The molecule has 11 rings (SSSR count). The number of hydrogen-bond donors (Lipinski definition) is 0. The van der Waals surface area contributed by atoms with E-state index in [1.165, 1.54) is 78.9 Å². The standard InChI is InChI=1S/C44H32N4/c1-4-10-27(11-5-1)37-26-38(28-12-6-2-7-13-28)46-44(45-37)48-39-21-20-34-35-22-29-16-18-31(29)24-40(35)47(33-14-8-3-9-15-33)43(34)42(39)36-23-30-17-19-32(30)25-41(36)48/h1-8,10-14,20-26H,9,15-19H2. The van der Waals surface area contributed by atoms with E-state index in [0.29, 0.717) is 5.95 Å². The van der Waals surface area contributed by atoms with Crippen molar-refractivity contribution in [3.63, 3.8) is 0 Å². The van der Waals surface area contributed by atoms with Crippen molar-refractivity contribution >= 4 is 49.3 Å². The molecule has 5 aromatic carbocycles. The van der Waals surface area contributed by atoms with Crippen LogP contribution >= 0.6 is 0 Å². The van der Waals surface area contributed by atoms with Crippen molar-refractivity contribution in [1.29, 1.82) is 0 Å². The summed E-state index contributed by atoms with van der Waals surface area (Å²) in [6.07, 6.45) is 13.5. The zero-order valence-electron chi connectivity index (χ0n) is 26.6. The maximum absolute atomic E-state index is 5.33. The van der Waals surface area contributed by atoms with Crippen LogP contribution in [-0.2, 0) is 25.7 Å². The molecular weight excluding hydrogens is 585 g/mol. The van der Waals surface area contributed by atoms with Crippen LogP contribution in [0.5, 0.6) is 0 Å². The largest absolute Gasteiger partial charge is 0.312 e. The van der Waals surface area contributed by atoms with Crippen LogP contribution in [0, 0.1) is 0 Å². The lowest BCUT2D eigenvalue weighted by Crippen LogP contribution is -2.09. The van der Waals surface area contributed by atoms with E-state index in [1.54, 1.807) is 0 Å². The quantitative estimate of drug-likeness (QED) is 0.197. The van der Waals surface area contributed by atoms with Crippen LogP contribution in [0.4, 0.5) is 0 Å². The van der Waals surface area contributed by atoms with Crippen LogP contribution < -0.4 is 0 Å². The molecule has 0 N–H and O–H groups in total. The molecule has 228 valence electrons. The Morgan fingerprint density at radius 2 is 1.10 bits per heavy atom. The number of aryl methyl sites for hydroxylation is 4. The van der Waals surface area contributed by atoms with Gasteiger partial charge in [-0.15, -0.1) is 0 Å². The lowest BCUT2D eigenvalue weighted by atomic mass is 9.87. The second-order valence-electron chi connectivity index (χ2n) is 13.6. The minimum absolute atomic E-state index is 0.707. The molecule has 4 nitrogen and oxygen atoms in total. The van der Waals surface area contributed by atoms with Crippen LogP contribution in [0.3, 0.4) is 0 Å². The zero-order chi connectivity index (χ0) is 31.3. The van der Waals surface area contributed by atoms with Crippen LogP contribution in [0.2, 0.25) is 0 Å². The first kappa shape index (κ1) is 26.3. The van der Waals surface area contributed by atoms with Crippen molar-refractivity contribution < 1.29 is 0 Å². The van der Waals surface area contributed by atoms with Crippen LogP contribution in [0.1, 0.15) is 35.1 Å². The number of nitrogens with zero attached hydrogens (tertiary/aromatic N) is 4. The van der Waals surface area contributed by atoms with E-state index in [9.17, 15) is 0 Å². The summed E-state index contributed by atoms with van der Waals surface area (Å²) >= 11 is 0. The summed E-state index contributed by atoms with van der Waals surface area (Å²) in [7, 11) is 0. The average molecular weight is 617 g/mol. The van der Waals surface area contributed by atoms with E-state index in [-0.39, 0.29) is 0 Å². The summed E-state index contributed by atoms with van der Waals surface area (Å²) in [5, 5.41) is 5.27. The summed E-state index contributed by atoms with van der Waals surface area (Å²) in [5.74, 6) is 0.707. The maximum atomic E-state index is 5.33. The van der Waals surface area contributed by atoms with Gasteiger partial charge in [0, 0.05) is 38.4 Å². The second-order valence-corrected chi connectivity index (χ2v) is 13.6. The Balaban J connectivity index is 1.29. The topological polar surface area (TPSA) is 35.6 Å². The van der Waals surface area contributed by atoms with E-state index < -0.39 is 0 Å². The highest BCUT2D eigenvalue weighted by Gasteiger charge is 2.27. The summed E-state index contributed by atoms with van der Waals surface area (Å²) in [6, 6.07) is 37.6. The monoisotopic (exact) mass is 616 g/mol. The molecule has 3 aliphatic carbocycles. The van der Waals surface area contributed by atoms with Crippen molar-refractivity contribution in [3.05, 3.63) is 144 Å². The smallest absolute Gasteiger partial charge is 0.235 e. The Bertz CT molecular complexity index is 2650. The first-order chi connectivity index (χ1) is 23.8. The predicted molar refractivity (Wildman–Crippen MR) is 198 cm³/mol. The van der Waals surface area contributed by atoms with Gasteiger partial charge in [0.1, 0.15) is 0 Å². The highest BCUT2D eigenvalue weighted by atomic mass is 15.2. The Labute approximate surface area is 278 Å². The number of aromatic nitrogens is 4. The summed E-state index contributed by atoms with van der Waals surface area (Å²) in [6.45, 7) is 0. The van der Waals surface area contributed by atoms with Crippen molar-refractivity contribution in [2.75, 3.05) is 0 Å². The molecule has 0 amide bonds. The van der Waals surface area contributed by atoms with Gasteiger partial charge < -0.3 is 4.57 Å². The molecule has 0 unspecified atom stereocenters. The summed E-state index contributed by atoms with van der Waals surface area (Å²) in [5.41, 5.74) is 16.2. The SMILES string of the molecule is C1=CCCC(n2c3cc4c(cc3c3ccc5c(c6cc7c(cc6n5-c5nc(-c6ccccc6)cc(-c6ccccc6)n5)CC7)c32)CC4)=C1. The van der Waals surface area contributed by atoms with Gasteiger partial charge in [-0.1, -0.05) is 78.9 Å². The molecule has 3 aromatic heterocycles. The van der Waals surface area contributed by atoms with E-state index in [0.717, 1.165) is 53.7 Å². The lowest BCUT2D eigenvalue weighted by Gasteiger charge is -2.20. The van der Waals surface area contributed by atoms with Crippen molar-refractivity contribution in [2.45, 2.75) is 38.5 Å². The third-order valence-electron chi connectivity index (χ3n) is 11.0. The second kappa shape index (κ2) is 9.88. The number of allylic oxidation sites excluding steroid dienone is 4. The fourth-order valence-electron chi connectivity index (χ4n) is 8.33. The molecule has 0 spiro atoms. The average Bonchev–Trinajstić information content (AvgIpc) is 3.62. The van der Waals surface area contributed by atoms with Gasteiger partial charge in [-0.05, 0) is 103 Å². The molecule has 0 radical (unpaired) electrons. The van der Waals surface area contributed by atoms with Gasteiger partial charge in [0.05, 0.1) is 33.5 Å². The maximum Gasteiger partial charge on any atom is 0.235 e. The highest BCUT2D eigenvalue weighted by molar-refractivity contribution is 6.26. The Morgan fingerprint density at radius 1 is 0.500 bits per heavy atom. The molecular formula is C44H32N4. The molecule has 0 saturated heterocycles. The van der Waals surface area contributed by atoms with Gasteiger partial charge >= 0.3 is 0 Å². The fraction of sp³-hybridized carbons (Fsp3) is 0.136. The van der Waals surface area contributed by atoms with Crippen LogP contribution in [0.25, 0.3) is 77.8 Å². The predicted octanol–water partition coefficient (Wildman–Crippen LogP) is 10.4. The van der Waals surface area contributed by atoms with Gasteiger partial charge in [-0.2, -0.15) is 0 Å². The highest BCUT2D eigenvalue weighted by Crippen LogP contribution is 2.45. The number of rotatable bonds is 4. The summed E-state index contributed by atoms with van der Waals surface area (Å²) in [4.78, 5) is 10.7. The molecule has 48 heavy (non-hydrogen) atoms.